The number of piperidine rings is 1. The van der Waals surface area contributed by atoms with Crippen molar-refractivity contribution in [1.29, 1.82) is 0 Å². The first-order chi connectivity index (χ1) is 11.5. The molecule has 5 nitrogen and oxygen atoms in total. The van der Waals surface area contributed by atoms with Crippen LogP contribution in [0.2, 0.25) is 0 Å². The van der Waals surface area contributed by atoms with Crippen LogP contribution in [0.3, 0.4) is 0 Å². The number of aromatic nitrogens is 1. The maximum atomic E-state index is 12.2. The van der Waals surface area contributed by atoms with Gasteiger partial charge in [0.15, 0.2) is 0 Å². The van der Waals surface area contributed by atoms with Crippen LogP contribution < -0.4 is 5.32 Å². The molecule has 132 valence electrons. The number of rotatable bonds is 6. The summed E-state index contributed by atoms with van der Waals surface area (Å²) in [7, 11) is 0. The molecule has 1 aliphatic heterocycles. The van der Waals surface area contributed by atoms with Crippen molar-refractivity contribution in [1.82, 2.24) is 15.2 Å². The highest BCUT2D eigenvalue weighted by Crippen LogP contribution is 2.30. The average Bonchev–Trinajstić information content (AvgIpc) is 3.33. The third kappa shape index (κ3) is 4.35. The van der Waals surface area contributed by atoms with Crippen molar-refractivity contribution in [3.63, 3.8) is 0 Å². The molecule has 6 heteroatoms. The van der Waals surface area contributed by atoms with Crippen LogP contribution in [-0.2, 0) is 16.0 Å². The lowest BCUT2D eigenvalue weighted by molar-refractivity contribution is -0.135. The van der Waals surface area contributed by atoms with E-state index in [9.17, 15) is 9.59 Å². The van der Waals surface area contributed by atoms with Crippen molar-refractivity contribution in [3.8, 4) is 0 Å². The van der Waals surface area contributed by atoms with E-state index in [2.05, 4.69) is 10.7 Å². The van der Waals surface area contributed by atoms with Crippen molar-refractivity contribution in [2.45, 2.75) is 51.9 Å². The zero-order valence-electron chi connectivity index (χ0n) is 14.6. The minimum atomic E-state index is 0.0608. The second kappa shape index (κ2) is 7.64. The van der Waals surface area contributed by atoms with Gasteiger partial charge in [-0.15, -0.1) is 11.3 Å². The number of hydrogen-bond donors (Lipinski definition) is 1. The van der Waals surface area contributed by atoms with Gasteiger partial charge >= 0.3 is 0 Å². The Labute approximate surface area is 147 Å². The number of thiazole rings is 1. The van der Waals surface area contributed by atoms with E-state index >= 15 is 0 Å². The van der Waals surface area contributed by atoms with Crippen molar-refractivity contribution in [2.24, 2.45) is 11.8 Å². The van der Waals surface area contributed by atoms with E-state index in [4.69, 9.17) is 4.98 Å². The van der Waals surface area contributed by atoms with Gasteiger partial charge in [-0.25, -0.2) is 4.98 Å². The summed E-state index contributed by atoms with van der Waals surface area (Å²) in [5, 5.41) is 6.23. The maximum absolute atomic E-state index is 12.2. The Kier molecular flexibility index (Phi) is 5.54. The summed E-state index contributed by atoms with van der Waals surface area (Å²) in [5.74, 6) is 1.13. The summed E-state index contributed by atoms with van der Waals surface area (Å²) < 4.78 is 0. The standard InChI is InChI=1S/C18H27N3O2S/c1-12(2)18(23)21-9-3-4-14(10-21)17-20-15(11-24-17)7-8-19-16(22)13-5-6-13/h11-14H,3-10H2,1-2H3,(H,19,22)/t14-/m0/s1. The van der Waals surface area contributed by atoms with E-state index < -0.39 is 0 Å². The van der Waals surface area contributed by atoms with Gasteiger partial charge < -0.3 is 10.2 Å². The Morgan fingerprint density at radius 2 is 2.17 bits per heavy atom. The zero-order chi connectivity index (χ0) is 17.1. The number of likely N-dealkylation sites (tertiary alicyclic amines) is 1. The second-order valence-electron chi connectivity index (χ2n) is 7.27. The molecule has 0 unspecified atom stereocenters. The van der Waals surface area contributed by atoms with Crippen molar-refractivity contribution < 1.29 is 9.59 Å². The Morgan fingerprint density at radius 1 is 1.38 bits per heavy atom. The highest BCUT2D eigenvalue weighted by atomic mass is 32.1. The molecule has 2 heterocycles. The van der Waals surface area contributed by atoms with Gasteiger partial charge in [-0.1, -0.05) is 13.8 Å². The monoisotopic (exact) mass is 349 g/mol. The van der Waals surface area contributed by atoms with E-state index in [1.54, 1.807) is 11.3 Å². The van der Waals surface area contributed by atoms with Gasteiger partial charge in [-0.3, -0.25) is 9.59 Å². The van der Waals surface area contributed by atoms with Crippen molar-refractivity contribution in [3.05, 3.63) is 16.1 Å². The third-order valence-electron chi connectivity index (χ3n) is 4.77. The summed E-state index contributed by atoms with van der Waals surface area (Å²) in [6, 6.07) is 0. The van der Waals surface area contributed by atoms with Gasteiger partial charge in [-0.05, 0) is 25.7 Å². The smallest absolute Gasteiger partial charge is 0.225 e. The summed E-state index contributed by atoms with van der Waals surface area (Å²) in [6.45, 7) is 6.26. The number of nitrogens with zero attached hydrogens (tertiary/aromatic N) is 2. The fourth-order valence-electron chi connectivity index (χ4n) is 3.17. The number of carbonyl (C=O) groups excluding carboxylic acids is 2. The van der Waals surface area contributed by atoms with Gasteiger partial charge in [0.1, 0.15) is 0 Å². The first-order valence-corrected chi connectivity index (χ1v) is 9.93. The molecular formula is C18H27N3O2S. The van der Waals surface area contributed by atoms with Crippen LogP contribution in [-0.4, -0.2) is 41.3 Å². The number of hydrogen-bond acceptors (Lipinski definition) is 4. The lowest BCUT2D eigenvalue weighted by atomic mass is 9.97. The maximum Gasteiger partial charge on any atom is 0.225 e. The van der Waals surface area contributed by atoms with Crippen LogP contribution in [0.15, 0.2) is 5.38 Å². The largest absolute Gasteiger partial charge is 0.355 e. The van der Waals surface area contributed by atoms with Gasteiger partial charge in [0.25, 0.3) is 0 Å². The lowest BCUT2D eigenvalue weighted by Gasteiger charge is -2.33. The summed E-state index contributed by atoms with van der Waals surface area (Å²) in [6.07, 6.45) is 5.03. The number of carbonyl (C=O) groups is 2. The van der Waals surface area contributed by atoms with E-state index in [1.807, 2.05) is 18.7 Å². The van der Waals surface area contributed by atoms with E-state index in [1.165, 1.54) is 0 Å². The van der Waals surface area contributed by atoms with Crippen LogP contribution in [0.5, 0.6) is 0 Å². The van der Waals surface area contributed by atoms with Crippen molar-refractivity contribution >= 4 is 23.2 Å². The highest BCUT2D eigenvalue weighted by Gasteiger charge is 2.29. The summed E-state index contributed by atoms with van der Waals surface area (Å²) in [4.78, 5) is 30.6. The van der Waals surface area contributed by atoms with Crippen molar-refractivity contribution in [2.75, 3.05) is 19.6 Å². The second-order valence-corrected chi connectivity index (χ2v) is 8.16. The normalized spacial score (nSPS) is 21.1. The summed E-state index contributed by atoms with van der Waals surface area (Å²) >= 11 is 1.69. The molecule has 24 heavy (non-hydrogen) atoms. The Hall–Kier alpha value is -1.43. The minimum Gasteiger partial charge on any atom is -0.355 e. The molecule has 1 saturated heterocycles. The van der Waals surface area contributed by atoms with Crippen LogP contribution >= 0.6 is 11.3 Å². The molecule has 0 radical (unpaired) electrons. The van der Waals surface area contributed by atoms with E-state index in [0.717, 1.165) is 55.9 Å². The third-order valence-corrected chi connectivity index (χ3v) is 5.83. The molecule has 0 aromatic carbocycles. The van der Waals surface area contributed by atoms with Crippen LogP contribution in [0, 0.1) is 11.8 Å². The Balaban J connectivity index is 1.50. The zero-order valence-corrected chi connectivity index (χ0v) is 15.4. The molecule has 2 amide bonds. The van der Waals surface area contributed by atoms with E-state index in [0.29, 0.717) is 12.5 Å². The van der Waals surface area contributed by atoms with Gasteiger partial charge in [-0.2, -0.15) is 0 Å². The fourth-order valence-corrected chi connectivity index (χ4v) is 4.15. The quantitative estimate of drug-likeness (QED) is 0.858. The molecule has 1 aliphatic carbocycles. The molecule has 1 aromatic rings. The fraction of sp³-hybridized carbons (Fsp3) is 0.722. The molecule has 1 saturated carbocycles. The molecular weight excluding hydrogens is 322 g/mol. The molecule has 3 rings (SSSR count). The molecule has 0 bridgehead atoms. The SMILES string of the molecule is CC(C)C(=O)N1CCC[C@H](c2nc(CCNC(=O)C3CC3)cs2)C1. The topological polar surface area (TPSA) is 62.3 Å². The van der Waals surface area contributed by atoms with Crippen LogP contribution in [0.4, 0.5) is 0 Å². The van der Waals surface area contributed by atoms with Crippen LogP contribution in [0.1, 0.15) is 56.2 Å². The van der Waals surface area contributed by atoms with E-state index in [-0.39, 0.29) is 23.7 Å². The number of nitrogens with one attached hydrogen (secondary N) is 1. The predicted molar refractivity (Wildman–Crippen MR) is 94.9 cm³/mol. The molecule has 2 aliphatic rings. The Bertz CT molecular complexity index is 595. The lowest BCUT2D eigenvalue weighted by Crippen LogP contribution is -2.41. The minimum absolute atomic E-state index is 0.0608. The highest BCUT2D eigenvalue weighted by molar-refractivity contribution is 7.09. The van der Waals surface area contributed by atoms with Crippen LogP contribution in [0.25, 0.3) is 0 Å². The predicted octanol–water partition coefficient (Wildman–Crippen LogP) is 2.57. The Morgan fingerprint density at radius 3 is 2.88 bits per heavy atom. The molecule has 1 atom stereocenters. The molecule has 1 aromatic heterocycles. The molecule has 1 N–H and O–H groups in total. The molecule has 0 spiro atoms. The molecule has 2 fully saturated rings. The van der Waals surface area contributed by atoms with Gasteiger partial charge in [0, 0.05) is 49.2 Å². The van der Waals surface area contributed by atoms with Gasteiger partial charge in [0.05, 0.1) is 10.7 Å². The van der Waals surface area contributed by atoms with Gasteiger partial charge in [0.2, 0.25) is 11.8 Å². The number of amides is 2. The first kappa shape index (κ1) is 17.4. The average molecular weight is 350 g/mol. The summed E-state index contributed by atoms with van der Waals surface area (Å²) in [5.41, 5.74) is 1.05. The first-order valence-electron chi connectivity index (χ1n) is 9.05.